The van der Waals surface area contributed by atoms with Gasteiger partial charge >= 0.3 is 6.03 Å². The molecule has 2 aliphatic heterocycles. The van der Waals surface area contributed by atoms with E-state index < -0.39 is 23.3 Å². The largest absolute Gasteiger partial charge is 0.341 e. The van der Waals surface area contributed by atoms with Gasteiger partial charge in [0, 0.05) is 25.8 Å². The Morgan fingerprint density at radius 3 is 2.27 bits per heavy atom. The van der Waals surface area contributed by atoms with Crippen molar-refractivity contribution < 1.29 is 23.6 Å². The fourth-order valence-corrected chi connectivity index (χ4v) is 5.25. The van der Waals surface area contributed by atoms with Gasteiger partial charge in [-0.05, 0) is 48.9 Å². The Kier molecular flexibility index (Phi) is 7.34. The Labute approximate surface area is 216 Å². The Hall–Kier alpha value is -3.75. The van der Waals surface area contributed by atoms with E-state index in [4.69, 9.17) is 0 Å². The minimum Gasteiger partial charge on any atom is -0.341 e. The number of hydrogen-bond donors (Lipinski definition) is 1. The molecule has 2 aliphatic rings. The zero-order valence-corrected chi connectivity index (χ0v) is 21.7. The maximum atomic E-state index is 14.8. The van der Waals surface area contributed by atoms with Crippen molar-refractivity contribution in [3.63, 3.8) is 0 Å². The number of amides is 5. The molecule has 0 aliphatic carbocycles. The highest BCUT2D eigenvalue weighted by Gasteiger charge is 2.58. The molecule has 37 heavy (non-hydrogen) atoms. The first-order chi connectivity index (χ1) is 17.6. The summed E-state index contributed by atoms with van der Waals surface area (Å²) in [5.74, 6) is -2.03. The summed E-state index contributed by atoms with van der Waals surface area (Å²) >= 11 is 0. The molecular weight excluding hydrogens is 475 g/mol. The smallest absolute Gasteiger partial charge is 0.331 e. The number of hydrogen-bond acceptors (Lipinski definition) is 4. The summed E-state index contributed by atoms with van der Waals surface area (Å²) in [6, 6.07) is 12.5. The fourth-order valence-electron chi connectivity index (χ4n) is 5.25. The highest BCUT2D eigenvalue weighted by atomic mass is 19.1. The van der Waals surface area contributed by atoms with Crippen LogP contribution in [-0.4, -0.2) is 65.3 Å². The van der Waals surface area contributed by atoms with Crippen LogP contribution in [0.3, 0.4) is 0 Å². The van der Waals surface area contributed by atoms with Crippen molar-refractivity contribution in [1.82, 2.24) is 15.1 Å². The molecule has 0 unspecified atom stereocenters. The number of para-hydroxylation sites is 1. The summed E-state index contributed by atoms with van der Waals surface area (Å²) < 4.78 is 14.8. The molecule has 2 saturated heterocycles. The Morgan fingerprint density at radius 2 is 1.68 bits per heavy atom. The third kappa shape index (κ3) is 4.58. The van der Waals surface area contributed by atoms with E-state index in [1.807, 2.05) is 39.0 Å². The first-order valence-electron chi connectivity index (χ1n) is 12.7. The molecule has 2 fully saturated rings. The highest BCUT2D eigenvalue weighted by Crippen LogP contribution is 2.40. The molecule has 1 N–H and O–H groups in total. The quantitative estimate of drug-likeness (QED) is 0.604. The number of carbonyl (C=O) groups is 4. The van der Waals surface area contributed by atoms with Gasteiger partial charge in [0.1, 0.15) is 17.4 Å². The number of aryl methyl sites for hydroxylation is 1. The molecule has 0 bridgehead atoms. The van der Waals surface area contributed by atoms with Gasteiger partial charge in [-0.25, -0.2) is 9.18 Å². The highest BCUT2D eigenvalue weighted by molar-refractivity contribution is 6.16. The molecule has 4 rings (SSSR count). The van der Waals surface area contributed by atoms with Crippen LogP contribution in [0.5, 0.6) is 0 Å². The number of nitrogens with zero attached hydrogens (tertiary/aromatic N) is 3. The molecule has 1 atom stereocenters. The average molecular weight is 509 g/mol. The number of imide groups is 1. The van der Waals surface area contributed by atoms with Crippen LogP contribution in [0.2, 0.25) is 0 Å². The monoisotopic (exact) mass is 508 g/mol. The second kappa shape index (κ2) is 10.3. The number of nitrogens with one attached hydrogen (secondary N) is 1. The topological polar surface area (TPSA) is 90.0 Å². The number of carbonyl (C=O) groups excluding carboxylic acids is 4. The van der Waals surface area contributed by atoms with Crippen molar-refractivity contribution in [2.75, 3.05) is 25.0 Å². The lowest BCUT2D eigenvalue weighted by Crippen LogP contribution is -2.60. The van der Waals surface area contributed by atoms with Gasteiger partial charge in [-0.2, -0.15) is 0 Å². The zero-order valence-electron chi connectivity index (χ0n) is 21.7. The maximum Gasteiger partial charge on any atom is 0.331 e. The van der Waals surface area contributed by atoms with Crippen molar-refractivity contribution >= 4 is 29.4 Å². The standard InChI is InChI=1S/C28H33FN4O4/c1-5-19-10-9-13-21(22(19)29)24(34)30-23(18(2)3)25(35)32-16-14-28(15-17-32)26(36)31(4)27(37)33(28)20-11-7-6-8-12-20/h6-13,18,23H,5,14-17H2,1-4H3,(H,30,34)/t23-/m1/s1. The van der Waals surface area contributed by atoms with E-state index >= 15 is 0 Å². The summed E-state index contributed by atoms with van der Waals surface area (Å²) in [7, 11) is 1.48. The van der Waals surface area contributed by atoms with E-state index in [1.165, 1.54) is 13.1 Å². The molecule has 0 saturated carbocycles. The van der Waals surface area contributed by atoms with Crippen LogP contribution >= 0.6 is 0 Å². The first-order valence-corrected chi connectivity index (χ1v) is 12.7. The number of anilines is 1. The molecule has 196 valence electrons. The lowest BCUT2D eigenvalue weighted by Gasteiger charge is -2.43. The van der Waals surface area contributed by atoms with E-state index in [-0.39, 0.29) is 55.3 Å². The SMILES string of the molecule is CCc1cccc(C(=O)N[C@@H](C(=O)N2CCC3(CC2)C(=O)N(C)C(=O)N3c2ccccc2)C(C)C)c1F. The van der Waals surface area contributed by atoms with Crippen LogP contribution in [0.15, 0.2) is 48.5 Å². The summed E-state index contributed by atoms with van der Waals surface area (Å²) in [5.41, 5.74) is -0.0877. The predicted octanol–water partition coefficient (Wildman–Crippen LogP) is 3.60. The summed E-state index contributed by atoms with van der Waals surface area (Å²) in [6.45, 7) is 5.93. The zero-order chi connectivity index (χ0) is 26.9. The third-order valence-electron chi connectivity index (χ3n) is 7.45. The summed E-state index contributed by atoms with van der Waals surface area (Å²) in [4.78, 5) is 57.0. The number of likely N-dealkylation sites (N-methyl/N-ethyl adjacent to an activating group) is 1. The predicted molar refractivity (Wildman–Crippen MR) is 138 cm³/mol. The van der Waals surface area contributed by atoms with Crippen molar-refractivity contribution in [1.29, 1.82) is 0 Å². The van der Waals surface area contributed by atoms with Gasteiger partial charge in [0.05, 0.1) is 5.56 Å². The number of rotatable bonds is 6. The third-order valence-corrected chi connectivity index (χ3v) is 7.45. The van der Waals surface area contributed by atoms with Crippen molar-refractivity contribution in [3.05, 3.63) is 65.5 Å². The number of urea groups is 1. The van der Waals surface area contributed by atoms with Crippen molar-refractivity contribution in [3.8, 4) is 0 Å². The second-order valence-corrected chi connectivity index (χ2v) is 10.0. The molecule has 8 nitrogen and oxygen atoms in total. The Bertz CT molecular complexity index is 1210. The minimum atomic E-state index is -1.07. The number of halogens is 1. The van der Waals surface area contributed by atoms with E-state index in [2.05, 4.69) is 5.32 Å². The lowest BCUT2D eigenvalue weighted by atomic mass is 9.85. The van der Waals surface area contributed by atoms with Crippen LogP contribution in [0.4, 0.5) is 14.9 Å². The lowest BCUT2D eigenvalue weighted by molar-refractivity contribution is -0.139. The van der Waals surface area contributed by atoms with E-state index in [1.54, 1.807) is 34.1 Å². The van der Waals surface area contributed by atoms with E-state index in [0.29, 0.717) is 17.7 Å². The molecule has 0 aromatic heterocycles. The minimum absolute atomic E-state index is 0.0907. The number of piperidine rings is 1. The number of benzene rings is 2. The Morgan fingerprint density at radius 1 is 1.03 bits per heavy atom. The molecule has 5 amide bonds. The van der Waals surface area contributed by atoms with Crippen LogP contribution in [0.25, 0.3) is 0 Å². The van der Waals surface area contributed by atoms with E-state index in [0.717, 1.165) is 4.90 Å². The van der Waals surface area contributed by atoms with Crippen molar-refractivity contribution in [2.45, 2.75) is 51.6 Å². The normalized spacial score (nSPS) is 18.1. The van der Waals surface area contributed by atoms with Crippen molar-refractivity contribution in [2.24, 2.45) is 5.92 Å². The Balaban J connectivity index is 1.52. The average Bonchev–Trinajstić information content (AvgIpc) is 3.08. The van der Waals surface area contributed by atoms with Gasteiger partial charge in [0.15, 0.2) is 0 Å². The molecule has 2 aromatic carbocycles. The molecule has 9 heteroatoms. The fraction of sp³-hybridized carbons (Fsp3) is 0.429. The van der Waals surface area contributed by atoms with Gasteiger partial charge in [-0.1, -0.05) is 51.1 Å². The van der Waals surface area contributed by atoms with E-state index in [9.17, 15) is 23.6 Å². The van der Waals surface area contributed by atoms with Gasteiger partial charge in [0.2, 0.25) is 5.91 Å². The van der Waals surface area contributed by atoms with Crippen LogP contribution in [0, 0.1) is 11.7 Å². The van der Waals surface area contributed by atoms with Gasteiger partial charge < -0.3 is 10.2 Å². The molecule has 2 aromatic rings. The maximum absolute atomic E-state index is 14.8. The van der Waals surface area contributed by atoms with Crippen LogP contribution < -0.4 is 10.2 Å². The molecule has 2 heterocycles. The second-order valence-electron chi connectivity index (χ2n) is 10.0. The summed E-state index contributed by atoms with van der Waals surface area (Å²) in [5, 5.41) is 2.73. The number of likely N-dealkylation sites (tertiary alicyclic amines) is 1. The van der Waals surface area contributed by atoms with Gasteiger partial charge in [-0.15, -0.1) is 0 Å². The van der Waals surface area contributed by atoms with Crippen LogP contribution in [0.1, 0.15) is 49.5 Å². The first kappa shape index (κ1) is 26.3. The molecule has 1 spiro atoms. The summed E-state index contributed by atoms with van der Waals surface area (Å²) in [6.07, 6.45) is 0.994. The molecule has 0 radical (unpaired) electrons. The van der Waals surface area contributed by atoms with Crippen LogP contribution in [-0.2, 0) is 16.0 Å². The van der Waals surface area contributed by atoms with Gasteiger partial charge in [0.25, 0.3) is 11.8 Å². The molecular formula is C28H33FN4O4. The van der Waals surface area contributed by atoms with Gasteiger partial charge in [-0.3, -0.25) is 24.2 Å².